The summed E-state index contributed by atoms with van der Waals surface area (Å²) >= 11 is 1.12. The van der Waals surface area contributed by atoms with Gasteiger partial charge in [0.1, 0.15) is 11.5 Å². The maximum atomic E-state index is 12.8. The molecule has 2 aromatic carbocycles. The van der Waals surface area contributed by atoms with E-state index in [0.29, 0.717) is 10.9 Å². The van der Waals surface area contributed by atoms with Crippen molar-refractivity contribution in [1.29, 1.82) is 0 Å². The number of carboxylic acids is 1. The average molecular weight is 485 g/mol. The quantitative estimate of drug-likeness (QED) is 0.488. The molecule has 0 radical (unpaired) electrons. The van der Waals surface area contributed by atoms with Crippen LogP contribution in [-0.2, 0) is 10.0 Å². The van der Waals surface area contributed by atoms with E-state index in [1.807, 2.05) is 18.2 Å². The second-order valence-corrected chi connectivity index (χ2v) is 9.78. The normalized spacial score (nSPS) is 13.0. The van der Waals surface area contributed by atoms with Gasteiger partial charge in [-0.05, 0) is 66.6 Å². The number of aromatic nitrogens is 1. The Balaban J connectivity index is 1.57. The molecule has 3 aromatic rings. The summed E-state index contributed by atoms with van der Waals surface area (Å²) in [5, 5.41) is 10.7. The van der Waals surface area contributed by atoms with Crippen molar-refractivity contribution in [2.24, 2.45) is 0 Å². The highest BCUT2D eigenvalue weighted by Gasteiger charge is 2.26. The summed E-state index contributed by atoms with van der Waals surface area (Å²) in [6.07, 6.45) is 2.23. The number of sulfonamides is 1. The maximum absolute atomic E-state index is 12.8. The first-order valence-corrected chi connectivity index (χ1v) is 12.3. The van der Waals surface area contributed by atoms with Crippen LogP contribution in [0.4, 0.5) is 5.69 Å². The van der Waals surface area contributed by atoms with Crippen molar-refractivity contribution in [2.45, 2.75) is 23.8 Å². The van der Waals surface area contributed by atoms with E-state index in [4.69, 9.17) is 14.6 Å². The van der Waals surface area contributed by atoms with Gasteiger partial charge in [0, 0.05) is 10.9 Å². The van der Waals surface area contributed by atoms with E-state index in [1.165, 1.54) is 30.7 Å². The zero-order valence-corrected chi connectivity index (χ0v) is 19.4. The Morgan fingerprint density at radius 3 is 2.61 bits per heavy atom. The molecule has 0 aliphatic heterocycles. The molecule has 1 aliphatic rings. The molecule has 0 unspecified atom stereocenters. The van der Waals surface area contributed by atoms with Gasteiger partial charge in [0.2, 0.25) is 0 Å². The van der Waals surface area contributed by atoms with Crippen LogP contribution in [0, 0.1) is 11.8 Å². The molecular formula is C23H20N2O6S2. The largest absolute Gasteiger partial charge is 0.497 e. The molecule has 0 saturated heterocycles. The van der Waals surface area contributed by atoms with Crippen molar-refractivity contribution in [3.8, 4) is 23.3 Å². The van der Waals surface area contributed by atoms with Gasteiger partial charge in [-0.2, -0.15) is 8.42 Å². The second-order valence-electron chi connectivity index (χ2n) is 7.29. The van der Waals surface area contributed by atoms with Gasteiger partial charge in [-0.15, -0.1) is 11.3 Å². The van der Waals surface area contributed by atoms with E-state index >= 15 is 0 Å². The van der Waals surface area contributed by atoms with Crippen LogP contribution >= 0.6 is 11.3 Å². The summed E-state index contributed by atoms with van der Waals surface area (Å²) < 4.78 is 38.4. The average Bonchev–Trinajstić information content (AvgIpc) is 3.53. The number of methoxy groups -OCH3 is 2. The predicted octanol–water partition coefficient (Wildman–Crippen LogP) is 3.94. The third-order valence-electron chi connectivity index (χ3n) is 5.03. The molecule has 1 saturated carbocycles. The summed E-state index contributed by atoms with van der Waals surface area (Å²) in [5.41, 5.74) is 2.09. The highest BCUT2D eigenvalue weighted by molar-refractivity contribution is 7.92. The Kier molecular flexibility index (Phi) is 6.26. The van der Waals surface area contributed by atoms with Gasteiger partial charge in [0.25, 0.3) is 10.0 Å². The number of thiazole rings is 1. The van der Waals surface area contributed by atoms with Gasteiger partial charge < -0.3 is 14.6 Å². The molecule has 0 bridgehead atoms. The van der Waals surface area contributed by atoms with Gasteiger partial charge in [0.15, 0.2) is 10.0 Å². The molecule has 10 heteroatoms. The molecule has 33 heavy (non-hydrogen) atoms. The van der Waals surface area contributed by atoms with E-state index in [0.717, 1.165) is 41.1 Å². The molecule has 1 fully saturated rings. The van der Waals surface area contributed by atoms with Gasteiger partial charge in [-0.25, -0.2) is 9.78 Å². The number of anilines is 1. The zero-order chi connectivity index (χ0) is 23.6. The van der Waals surface area contributed by atoms with E-state index in [9.17, 15) is 13.2 Å². The molecule has 1 aromatic heterocycles. The van der Waals surface area contributed by atoms with Crippen molar-refractivity contribution >= 4 is 33.0 Å². The highest BCUT2D eigenvalue weighted by Crippen LogP contribution is 2.42. The Hall–Kier alpha value is -3.55. The molecule has 4 rings (SSSR count). The number of hydrogen-bond acceptors (Lipinski definition) is 7. The third-order valence-corrected chi connectivity index (χ3v) is 7.19. The maximum Gasteiger partial charge on any atom is 0.335 e. The lowest BCUT2D eigenvalue weighted by Gasteiger charge is -2.11. The van der Waals surface area contributed by atoms with Crippen molar-refractivity contribution < 1.29 is 27.8 Å². The molecule has 0 atom stereocenters. The van der Waals surface area contributed by atoms with Gasteiger partial charge in [0.05, 0.1) is 25.5 Å². The first kappa shape index (κ1) is 22.6. The fraction of sp³-hybridized carbons (Fsp3) is 0.217. The number of rotatable bonds is 7. The smallest absolute Gasteiger partial charge is 0.335 e. The van der Waals surface area contributed by atoms with Gasteiger partial charge >= 0.3 is 5.97 Å². The molecule has 1 heterocycles. The van der Waals surface area contributed by atoms with E-state index in [1.54, 1.807) is 7.11 Å². The lowest BCUT2D eigenvalue weighted by atomic mass is 10.0. The third kappa shape index (κ3) is 5.10. The van der Waals surface area contributed by atoms with Crippen LogP contribution in [0.1, 0.15) is 45.3 Å². The minimum absolute atomic E-state index is 0.0230. The van der Waals surface area contributed by atoms with E-state index in [2.05, 4.69) is 21.5 Å². The standard InChI is InChI=1S/C23H20N2O6S2/c1-30-17-8-5-15(18(12-17)14-3-4-14)7-10-21-24-22(13-32-21)33(28,29)25-19-9-6-16(23(26)27)11-20(19)31-2/h5-6,8-9,11-14,25H,3-4H2,1-2H3,(H,26,27). The first-order chi connectivity index (χ1) is 15.8. The van der Waals surface area contributed by atoms with E-state index < -0.39 is 16.0 Å². The fourth-order valence-electron chi connectivity index (χ4n) is 3.18. The summed E-state index contributed by atoms with van der Waals surface area (Å²) in [6, 6.07) is 9.60. The summed E-state index contributed by atoms with van der Waals surface area (Å²) in [5.74, 6) is 6.25. The number of hydrogen-bond donors (Lipinski definition) is 2. The molecule has 170 valence electrons. The molecule has 0 spiro atoms. The summed E-state index contributed by atoms with van der Waals surface area (Å²) in [7, 11) is -1.08. The lowest BCUT2D eigenvalue weighted by molar-refractivity contribution is 0.0696. The van der Waals surface area contributed by atoms with Crippen molar-refractivity contribution in [3.63, 3.8) is 0 Å². The molecule has 8 nitrogen and oxygen atoms in total. The lowest BCUT2D eigenvalue weighted by Crippen LogP contribution is -2.14. The highest BCUT2D eigenvalue weighted by atomic mass is 32.2. The number of carboxylic acid groups (broad SMARTS) is 1. The number of carbonyl (C=O) groups is 1. The van der Waals surface area contributed by atoms with Gasteiger partial charge in [-0.3, -0.25) is 4.72 Å². The minimum atomic E-state index is -4.02. The van der Waals surface area contributed by atoms with Crippen LogP contribution in [-0.4, -0.2) is 38.7 Å². The van der Waals surface area contributed by atoms with Crippen molar-refractivity contribution in [3.05, 3.63) is 63.5 Å². The Morgan fingerprint density at radius 2 is 1.94 bits per heavy atom. The van der Waals surface area contributed by atoms with Crippen LogP contribution in [0.25, 0.3) is 0 Å². The fourth-order valence-corrected chi connectivity index (χ4v) is 5.19. The predicted molar refractivity (Wildman–Crippen MR) is 124 cm³/mol. The Morgan fingerprint density at radius 1 is 1.15 bits per heavy atom. The minimum Gasteiger partial charge on any atom is -0.497 e. The van der Waals surface area contributed by atoms with Gasteiger partial charge in [-0.1, -0.05) is 5.92 Å². The Bertz CT molecular complexity index is 1380. The van der Waals surface area contributed by atoms with Crippen LogP contribution in [0.3, 0.4) is 0 Å². The molecule has 1 aliphatic carbocycles. The number of aromatic carboxylic acids is 1. The van der Waals surface area contributed by atoms with E-state index in [-0.39, 0.29) is 22.0 Å². The molecule has 2 N–H and O–H groups in total. The Labute approximate surface area is 195 Å². The molecular weight excluding hydrogens is 464 g/mol. The van der Waals surface area contributed by atoms with Crippen LogP contribution < -0.4 is 14.2 Å². The topological polar surface area (TPSA) is 115 Å². The van der Waals surface area contributed by atoms with Crippen LogP contribution in [0.5, 0.6) is 11.5 Å². The zero-order valence-electron chi connectivity index (χ0n) is 17.8. The SMILES string of the molecule is COc1ccc(C#Cc2nc(S(=O)(=O)Nc3ccc(C(=O)O)cc3OC)cs2)c(C2CC2)c1. The van der Waals surface area contributed by atoms with Crippen LogP contribution in [0.2, 0.25) is 0 Å². The number of benzene rings is 2. The van der Waals surface area contributed by atoms with Crippen molar-refractivity contribution in [1.82, 2.24) is 4.98 Å². The van der Waals surface area contributed by atoms with Crippen LogP contribution in [0.15, 0.2) is 46.8 Å². The first-order valence-electron chi connectivity index (χ1n) is 9.90. The summed E-state index contributed by atoms with van der Waals surface area (Å²) in [6.45, 7) is 0. The van der Waals surface area contributed by atoms with Crippen molar-refractivity contribution in [2.75, 3.05) is 18.9 Å². The summed E-state index contributed by atoms with van der Waals surface area (Å²) in [4.78, 5) is 15.3. The number of nitrogens with one attached hydrogen (secondary N) is 1. The molecule has 0 amide bonds. The monoisotopic (exact) mass is 484 g/mol. The second kappa shape index (κ2) is 9.13. The number of ether oxygens (including phenoxy) is 2. The number of nitrogens with zero attached hydrogens (tertiary/aromatic N) is 1.